The van der Waals surface area contributed by atoms with E-state index in [-0.39, 0.29) is 5.97 Å². The highest BCUT2D eigenvalue weighted by molar-refractivity contribution is 7.51. The van der Waals surface area contributed by atoms with Crippen LogP contribution in [0.5, 0.6) is 11.5 Å². The summed E-state index contributed by atoms with van der Waals surface area (Å²) in [5, 5.41) is 2.99. The van der Waals surface area contributed by atoms with Crippen LogP contribution < -0.4 is 4.74 Å². The first kappa shape index (κ1) is 18.8. The molecule has 0 aliphatic rings. The normalized spacial score (nSPS) is 9.84. The van der Waals surface area contributed by atoms with Crippen molar-refractivity contribution in [3.05, 3.63) is 59.0 Å². The summed E-state index contributed by atoms with van der Waals surface area (Å²) in [6.07, 6.45) is 0. The molecule has 0 N–H and O–H groups in total. The molecule has 5 nitrogen and oxygen atoms in total. The molecule has 1 heterocycles. The van der Waals surface area contributed by atoms with E-state index in [0.29, 0.717) is 17.9 Å². The van der Waals surface area contributed by atoms with E-state index in [1.807, 2.05) is 48.7 Å². The monoisotopic (exact) mass is 376 g/mol. The van der Waals surface area contributed by atoms with E-state index in [1.165, 1.54) is 5.56 Å². The molecule has 0 saturated carbocycles. The minimum Gasteiger partial charge on any atom is -0.462 e. The number of carbonyl (C=O) groups excluding carboxylic acids is 1. The second-order valence-electron chi connectivity index (χ2n) is 5.01. The zero-order valence-corrected chi connectivity index (χ0v) is 15.3. The maximum atomic E-state index is 12.0. The van der Waals surface area contributed by atoms with Crippen LogP contribution in [-0.4, -0.2) is 21.0 Å². The van der Waals surface area contributed by atoms with Gasteiger partial charge in [0, 0.05) is 10.1 Å². The Hall–Kier alpha value is -2.51. The van der Waals surface area contributed by atoms with E-state index in [4.69, 9.17) is 17.9 Å². The Morgan fingerprint density at radius 1 is 1.12 bits per heavy atom. The second-order valence-corrected chi connectivity index (χ2v) is 6.09. The Morgan fingerprint density at radius 3 is 2.44 bits per heavy atom. The van der Waals surface area contributed by atoms with Crippen molar-refractivity contribution in [2.45, 2.75) is 13.8 Å². The third-order valence-corrected chi connectivity index (χ3v) is 4.16. The average Bonchev–Trinajstić information content (AvgIpc) is 3.07. The van der Waals surface area contributed by atoms with Crippen LogP contribution in [0.1, 0.15) is 22.8 Å². The molecule has 2 aromatic carbocycles. The number of hydrogen-bond donors (Lipinski definition) is 0. The summed E-state index contributed by atoms with van der Waals surface area (Å²) in [4.78, 5) is 12.0. The van der Waals surface area contributed by atoms with Crippen molar-refractivity contribution >= 4 is 39.0 Å². The molecular formula is C18H16O5S2. The molecule has 0 aliphatic heterocycles. The van der Waals surface area contributed by atoms with Crippen LogP contribution in [0.2, 0.25) is 0 Å². The molecule has 0 spiro atoms. The summed E-state index contributed by atoms with van der Waals surface area (Å²) in [5.41, 5.74) is 1.69. The first-order valence-corrected chi connectivity index (χ1v) is 8.98. The van der Waals surface area contributed by atoms with E-state index in [0.717, 1.165) is 15.8 Å². The fraction of sp³-hybridized carbons (Fsp3) is 0.167. The van der Waals surface area contributed by atoms with Gasteiger partial charge in [-0.2, -0.15) is 8.42 Å². The number of ether oxygens (including phenoxy) is 2. The summed E-state index contributed by atoms with van der Waals surface area (Å²) in [5.74, 6) is 1.09. The van der Waals surface area contributed by atoms with Gasteiger partial charge in [-0.25, -0.2) is 4.79 Å². The lowest BCUT2D eigenvalue weighted by molar-refractivity contribution is 0.0526. The molecular weight excluding hydrogens is 360 g/mol. The minimum absolute atomic E-state index is 0.327. The number of hydrogen-bond acceptors (Lipinski definition) is 6. The van der Waals surface area contributed by atoms with Crippen molar-refractivity contribution in [2.75, 3.05) is 6.61 Å². The first-order chi connectivity index (χ1) is 12.1. The van der Waals surface area contributed by atoms with Gasteiger partial charge in [0.05, 0.1) is 12.2 Å². The number of carbonyl (C=O) groups is 1. The molecule has 3 aromatic rings. The molecule has 25 heavy (non-hydrogen) atoms. The Morgan fingerprint density at radius 2 is 1.80 bits per heavy atom. The van der Waals surface area contributed by atoms with E-state index in [2.05, 4.69) is 0 Å². The van der Waals surface area contributed by atoms with Crippen LogP contribution in [0.3, 0.4) is 0 Å². The highest BCUT2D eigenvalue weighted by atomic mass is 32.1. The average molecular weight is 376 g/mol. The maximum absolute atomic E-state index is 12.0. The number of aryl methyl sites for hydroxylation is 1. The van der Waals surface area contributed by atoms with Gasteiger partial charge in [-0.1, -0.05) is 17.7 Å². The molecule has 0 radical (unpaired) electrons. The lowest BCUT2D eigenvalue weighted by Crippen LogP contribution is -2.04. The summed E-state index contributed by atoms with van der Waals surface area (Å²) in [7, 11) is 0. The predicted molar refractivity (Wildman–Crippen MR) is 98.0 cm³/mol. The van der Waals surface area contributed by atoms with Crippen LogP contribution in [0.15, 0.2) is 47.8 Å². The fourth-order valence-corrected chi connectivity index (χ4v) is 3.03. The van der Waals surface area contributed by atoms with Crippen LogP contribution >= 0.6 is 11.3 Å². The number of esters is 1. The Balaban J connectivity index is 0.000000701. The van der Waals surface area contributed by atoms with Gasteiger partial charge in [0.2, 0.25) is 0 Å². The van der Waals surface area contributed by atoms with Gasteiger partial charge in [0.25, 0.3) is 0 Å². The van der Waals surface area contributed by atoms with E-state index in [1.54, 1.807) is 24.3 Å². The van der Waals surface area contributed by atoms with Gasteiger partial charge in [0.1, 0.15) is 11.5 Å². The van der Waals surface area contributed by atoms with E-state index in [9.17, 15) is 4.79 Å². The number of benzene rings is 2. The van der Waals surface area contributed by atoms with Crippen LogP contribution in [0.25, 0.3) is 10.1 Å². The van der Waals surface area contributed by atoms with Crippen LogP contribution in [-0.2, 0) is 16.3 Å². The Bertz CT molecular complexity index is 893. The molecule has 130 valence electrons. The standard InChI is InChI=1S/C18H16O3S.O2S/c1-3-20-18(19)13-10-16(15-8-9-22-17(15)11-13)21-14-6-4-12(2)5-7-14;1-3-2/h4-11H,3H2,1-2H3;. The van der Waals surface area contributed by atoms with Crippen LogP contribution in [0, 0.1) is 6.92 Å². The molecule has 7 heteroatoms. The van der Waals surface area contributed by atoms with Gasteiger partial charge in [-0.3, -0.25) is 0 Å². The number of thiophene rings is 1. The smallest absolute Gasteiger partial charge is 0.338 e. The minimum atomic E-state index is -0.750. The molecule has 0 atom stereocenters. The van der Waals surface area contributed by atoms with Gasteiger partial charge in [-0.15, -0.1) is 11.3 Å². The topological polar surface area (TPSA) is 69.7 Å². The van der Waals surface area contributed by atoms with Crippen molar-refractivity contribution in [2.24, 2.45) is 0 Å². The van der Waals surface area contributed by atoms with Crippen molar-refractivity contribution in [1.29, 1.82) is 0 Å². The van der Waals surface area contributed by atoms with Crippen molar-refractivity contribution < 1.29 is 22.7 Å². The summed E-state index contributed by atoms with van der Waals surface area (Å²) < 4.78 is 28.6. The van der Waals surface area contributed by atoms with Crippen LogP contribution in [0.4, 0.5) is 0 Å². The Kier molecular flexibility index (Phi) is 6.85. The third kappa shape index (κ3) is 4.98. The van der Waals surface area contributed by atoms with E-state index >= 15 is 0 Å². The van der Waals surface area contributed by atoms with E-state index < -0.39 is 11.6 Å². The summed E-state index contributed by atoms with van der Waals surface area (Å²) in [6, 6.07) is 13.4. The van der Waals surface area contributed by atoms with Gasteiger partial charge >= 0.3 is 17.5 Å². The zero-order valence-electron chi connectivity index (χ0n) is 13.7. The quantitative estimate of drug-likeness (QED) is 0.627. The molecule has 0 amide bonds. The SMILES string of the molecule is CCOC(=O)c1cc(Oc2ccc(C)cc2)c2ccsc2c1.O=S=O. The first-order valence-electron chi connectivity index (χ1n) is 7.43. The molecule has 0 bridgehead atoms. The van der Waals surface area contributed by atoms with Gasteiger partial charge in [-0.05, 0) is 49.6 Å². The molecule has 0 aliphatic carbocycles. The highest BCUT2D eigenvalue weighted by Gasteiger charge is 2.13. The molecule has 3 rings (SSSR count). The predicted octanol–water partition coefficient (Wildman–Crippen LogP) is 4.51. The summed E-state index contributed by atoms with van der Waals surface area (Å²) in [6.45, 7) is 4.18. The number of fused-ring (bicyclic) bond motifs is 1. The third-order valence-electron chi connectivity index (χ3n) is 3.29. The van der Waals surface area contributed by atoms with Crippen molar-refractivity contribution in [3.8, 4) is 11.5 Å². The largest absolute Gasteiger partial charge is 0.462 e. The fourth-order valence-electron chi connectivity index (χ4n) is 2.19. The molecule has 1 aromatic heterocycles. The second kappa shape index (κ2) is 9.10. The lowest BCUT2D eigenvalue weighted by Gasteiger charge is -2.10. The molecule has 0 saturated heterocycles. The van der Waals surface area contributed by atoms with Gasteiger partial charge in [0.15, 0.2) is 0 Å². The molecule has 0 unspecified atom stereocenters. The van der Waals surface area contributed by atoms with Gasteiger partial charge < -0.3 is 9.47 Å². The Labute approximate surface area is 152 Å². The number of rotatable bonds is 4. The summed E-state index contributed by atoms with van der Waals surface area (Å²) >= 11 is 0.826. The zero-order chi connectivity index (χ0) is 18.2. The maximum Gasteiger partial charge on any atom is 0.338 e. The molecule has 0 fully saturated rings. The lowest BCUT2D eigenvalue weighted by atomic mass is 10.1. The van der Waals surface area contributed by atoms with Crippen molar-refractivity contribution in [3.63, 3.8) is 0 Å². The highest BCUT2D eigenvalue weighted by Crippen LogP contribution is 2.34. The van der Waals surface area contributed by atoms with Crippen molar-refractivity contribution in [1.82, 2.24) is 0 Å².